The quantitative estimate of drug-likeness (QED) is 0.698. The maximum Gasteiger partial charge on any atom is 0.308 e. The Morgan fingerprint density at radius 1 is 1.29 bits per heavy atom. The van der Waals surface area contributed by atoms with Gasteiger partial charge >= 0.3 is 5.97 Å². The van der Waals surface area contributed by atoms with Gasteiger partial charge in [0.15, 0.2) is 0 Å². The number of carboxylic acid groups (broad SMARTS) is 1. The molecule has 17 heavy (non-hydrogen) atoms. The van der Waals surface area contributed by atoms with Gasteiger partial charge in [-0.1, -0.05) is 20.8 Å². The summed E-state index contributed by atoms with van der Waals surface area (Å²) in [6.07, 6.45) is 0.863. The van der Waals surface area contributed by atoms with Crippen molar-refractivity contribution in [1.82, 2.24) is 4.90 Å². The first kappa shape index (κ1) is 15.9. The molecular weight excluding hydrogens is 222 g/mol. The van der Waals surface area contributed by atoms with Crippen LogP contribution >= 0.6 is 0 Å². The van der Waals surface area contributed by atoms with Crippen LogP contribution < -0.4 is 0 Å². The highest BCUT2D eigenvalue weighted by Gasteiger charge is 2.20. The number of ether oxygens (including phenoxy) is 1. The lowest BCUT2D eigenvalue weighted by molar-refractivity contribution is -0.144. The number of nitrogens with zero attached hydrogens (tertiary/aromatic N) is 1. The van der Waals surface area contributed by atoms with E-state index < -0.39 is 11.9 Å². The van der Waals surface area contributed by atoms with Gasteiger partial charge in [-0.3, -0.25) is 9.59 Å². The molecular formula is C12H23NO4. The van der Waals surface area contributed by atoms with Crippen LogP contribution in [0.3, 0.4) is 0 Å². The molecule has 0 aromatic heterocycles. The van der Waals surface area contributed by atoms with Crippen LogP contribution in [-0.2, 0) is 14.3 Å². The Labute approximate surface area is 103 Å². The second kappa shape index (κ2) is 8.06. The molecule has 100 valence electrons. The molecule has 1 atom stereocenters. The Bertz CT molecular complexity index is 253. The number of amides is 1. The Kier molecular flexibility index (Phi) is 7.54. The smallest absolute Gasteiger partial charge is 0.308 e. The van der Waals surface area contributed by atoms with E-state index in [4.69, 9.17) is 9.84 Å². The van der Waals surface area contributed by atoms with Crippen LogP contribution in [-0.4, -0.2) is 48.7 Å². The van der Waals surface area contributed by atoms with Crippen LogP contribution in [0.25, 0.3) is 0 Å². The van der Waals surface area contributed by atoms with Gasteiger partial charge in [0, 0.05) is 20.2 Å². The highest BCUT2D eigenvalue weighted by molar-refractivity contribution is 5.78. The van der Waals surface area contributed by atoms with E-state index in [-0.39, 0.29) is 19.1 Å². The largest absolute Gasteiger partial charge is 0.481 e. The van der Waals surface area contributed by atoms with Gasteiger partial charge in [0.1, 0.15) is 6.61 Å². The topological polar surface area (TPSA) is 66.8 Å². The molecule has 0 aromatic rings. The van der Waals surface area contributed by atoms with Crippen molar-refractivity contribution in [2.75, 3.05) is 26.8 Å². The monoisotopic (exact) mass is 245 g/mol. The van der Waals surface area contributed by atoms with Gasteiger partial charge in [-0.05, 0) is 12.3 Å². The number of carbonyl (C=O) groups excluding carboxylic acids is 1. The first-order valence-electron chi connectivity index (χ1n) is 5.88. The molecule has 0 aliphatic carbocycles. The van der Waals surface area contributed by atoms with Crippen LogP contribution in [0.2, 0.25) is 0 Å². The molecule has 0 bridgehead atoms. The van der Waals surface area contributed by atoms with Crippen molar-refractivity contribution in [3.05, 3.63) is 0 Å². The minimum Gasteiger partial charge on any atom is -0.481 e. The summed E-state index contributed by atoms with van der Waals surface area (Å²) in [5.74, 6) is -1.11. The summed E-state index contributed by atoms with van der Waals surface area (Å²) < 4.78 is 4.79. The summed E-state index contributed by atoms with van der Waals surface area (Å²) in [5, 5.41) is 8.85. The van der Waals surface area contributed by atoms with Crippen molar-refractivity contribution in [2.24, 2.45) is 11.8 Å². The van der Waals surface area contributed by atoms with E-state index in [1.807, 2.05) is 0 Å². The fourth-order valence-electron chi connectivity index (χ4n) is 1.36. The van der Waals surface area contributed by atoms with Crippen LogP contribution in [0.1, 0.15) is 27.2 Å². The second-order valence-corrected chi connectivity index (χ2v) is 4.69. The predicted octanol–water partition coefficient (Wildman–Crippen LogP) is 1.23. The van der Waals surface area contributed by atoms with Crippen LogP contribution in [0, 0.1) is 11.8 Å². The minimum absolute atomic E-state index is 0.00440. The van der Waals surface area contributed by atoms with Crippen molar-refractivity contribution >= 4 is 11.9 Å². The van der Waals surface area contributed by atoms with E-state index in [0.29, 0.717) is 12.5 Å². The SMILES string of the molecule is COCC(=O)N(CCC(C)C)CC(C)C(=O)O. The molecule has 0 aliphatic heterocycles. The lowest BCUT2D eigenvalue weighted by Crippen LogP contribution is -2.39. The van der Waals surface area contributed by atoms with Crippen LogP contribution in [0.5, 0.6) is 0 Å². The molecule has 0 heterocycles. The zero-order valence-corrected chi connectivity index (χ0v) is 11.1. The third-order valence-electron chi connectivity index (χ3n) is 2.51. The Hall–Kier alpha value is -1.10. The van der Waals surface area contributed by atoms with Gasteiger partial charge < -0.3 is 14.7 Å². The zero-order chi connectivity index (χ0) is 13.4. The molecule has 0 rings (SSSR count). The van der Waals surface area contributed by atoms with Crippen molar-refractivity contribution in [3.8, 4) is 0 Å². The Morgan fingerprint density at radius 3 is 2.29 bits per heavy atom. The average Bonchev–Trinajstić information content (AvgIpc) is 2.23. The van der Waals surface area contributed by atoms with E-state index in [0.717, 1.165) is 6.42 Å². The summed E-state index contributed by atoms with van der Waals surface area (Å²) >= 11 is 0. The van der Waals surface area contributed by atoms with E-state index >= 15 is 0 Å². The van der Waals surface area contributed by atoms with Gasteiger partial charge in [-0.25, -0.2) is 0 Å². The number of hydrogen-bond acceptors (Lipinski definition) is 3. The molecule has 0 aliphatic rings. The molecule has 0 fully saturated rings. The highest BCUT2D eigenvalue weighted by Crippen LogP contribution is 2.06. The molecule has 0 aromatic carbocycles. The van der Waals surface area contributed by atoms with E-state index in [1.165, 1.54) is 7.11 Å². The number of hydrogen-bond donors (Lipinski definition) is 1. The molecule has 0 saturated carbocycles. The fourth-order valence-corrected chi connectivity index (χ4v) is 1.36. The van der Waals surface area contributed by atoms with E-state index in [1.54, 1.807) is 11.8 Å². The molecule has 5 heteroatoms. The van der Waals surface area contributed by atoms with Crippen molar-refractivity contribution < 1.29 is 19.4 Å². The minimum atomic E-state index is -0.884. The zero-order valence-electron chi connectivity index (χ0n) is 11.1. The number of carbonyl (C=O) groups is 2. The van der Waals surface area contributed by atoms with Gasteiger partial charge in [0.05, 0.1) is 5.92 Å². The molecule has 1 unspecified atom stereocenters. The molecule has 0 radical (unpaired) electrons. The van der Waals surface area contributed by atoms with Crippen LogP contribution in [0.15, 0.2) is 0 Å². The van der Waals surface area contributed by atoms with Crippen molar-refractivity contribution in [1.29, 1.82) is 0 Å². The summed E-state index contributed by atoms with van der Waals surface area (Å²) in [6, 6.07) is 0. The maximum absolute atomic E-state index is 11.7. The average molecular weight is 245 g/mol. The number of aliphatic carboxylic acids is 1. The third kappa shape index (κ3) is 6.94. The molecule has 0 saturated heterocycles. The predicted molar refractivity (Wildman–Crippen MR) is 64.7 cm³/mol. The van der Waals surface area contributed by atoms with Gasteiger partial charge in [0.25, 0.3) is 0 Å². The van der Waals surface area contributed by atoms with Crippen LogP contribution in [0.4, 0.5) is 0 Å². The molecule has 1 N–H and O–H groups in total. The summed E-state index contributed by atoms with van der Waals surface area (Å²) in [7, 11) is 1.46. The number of rotatable bonds is 8. The Morgan fingerprint density at radius 2 is 1.88 bits per heavy atom. The summed E-state index contributed by atoms with van der Waals surface area (Å²) in [6.45, 7) is 6.57. The number of carboxylic acids is 1. The maximum atomic E-state index is 11.7. The normalized spacial score (nSPS) is 12.5. The van der Waals surface area contributed by atoms with E-state index in [9.17, 15) is 9.59 Å². The summed E-state index contributed by atoms with van der Waals surface area (Å²) in [5.41, 5.74) is 0. The highest BCUT2D eigenvalue weighted by atomic mass is 16.5. The molecule has 5 nitrogen and oxygen atoms in total. The standard InChI is InChI=1S/C12H23NO4/c1-9(2)5-6-13(11(14)8-17-4)7-10(3)12(15)16/h9-10H,5-8H2,1-4H3,(H,15,16). The molecule has 1 amide bonds. The fraction of sp³-hybridized carbons (Fsp3) is 0.833. The first-order valence-corrected chi connectivity index (χ1v) is 5.88. The van der Waals surface area contributed by atoms with Gasteiger partial charge in [-0.2, -0.15) is 0 Å². The van der Waals surface area contributed by atoms with Gasteiger partial charge in [-0.15, -0.1) is 0 Å². The summed E-state index contributed by atoms with van der Waals surface area (Å²) in [4.78, 5) is 24.1. The Balaban J connectivity index is 4.38. The van der Waals surface area contributed by atoms with Crippen molar-refractivity contribution in [2.45, 2.75) is 27.2 Å². The first-order chi connectivity index (χ1) is 7.88. The lowest BCUT2D eigenvalue weighted by Gasteiger charge is -2.25. The van der Waals surface area contributed by atoms with Crippen molar-refractivity contribution in [3.63, 3.8) is 0 Å². The second-order valence-electron chi connectivity index (χ2n) is 4.69. The van der Waals surface area contributed by atoms with Gasteiger partial charge in [0.2, 0.25) is 5.91 Å². The number of methoxy groups -OCH3 is 1. The van der Waals surface area contributed by atoms with E-state index in [2.05, 4.69) is 13.8 Å². The molecule has 0 spiro atoms. The lowest BCUT2D eigenvalue weighted by atomic mass is 10.1. The third-order valence-corrected chi connectivity index (χ3v) is 2.51.